The van der Waals surface area contributed by atoms with Crippen molar-refractivity contribution in [1.82, 2.24) is 20.6 Å². The molecule has 0 saturated heterocycles. The number of aliphatic hydroxyl groups is 2. The van der Waals surface area contributed by atoms with Crippen LogP contribution < -0.4 is 20.1 Å². The molecule has 9 heteroatoms. The molecule has 0 bridgehead atoms. The highest BCUT2D eigenvalue weighted by Crippen LogP contribution is 2.40. The predicted octanol–water partition coefficient (Wildman–Crippen LogP) is 5.40. The molecule has 0 aliphatic heterocycles. The zero-order valence-electron chi connectivity index (χ0n) is 24.7. The van der Waals surface area contributed by atoms with Crippen molar-refractivity contribution in [3.63, 3.8) is 0 Å². The molecule has 42 heavy (non-hydrogen) atoms. The summed E-state index contributed by atoms with van der Waals surface area (Å²) in [5.41, 5.74) is 8.00. The van der Waals surface area contributed by atoms with E-state index in [0.717, 1.165) is 50.4 Å². The second-order valence-corrected chi connectivity index (χ2v) is 10.7. The number of nitrogens with one attached hydrogen (secondary N) is 2. The Morgan fingerprint density at radius 3 is 2.17 bits per heavy atom. The van der Waals surface area contributed by atoms with E-state index in [9.17, 15) is 10.2 Å². The summed E-state index contributed by atoms with van der Waals surface area (Å²) in [4.78, 5) is 9.45. The zero-order chi connectivity index (χ0) is 30.2. The van der Waals surface area contributed by atoms with Crippen LogP contribution in [0.2, 0.25) is 5.02 Å². The molecule has 4 aromatic rings. The number of benzene rings is 2. The third-order valence-electron chi connectivity index (χ3n) is 6.97. The van der Waals surface area contributed by atoms with E-state index in [0.29, 0.717) is 42.8 Å². The van der Waals surface area contributed by atoms with E-state index >= 15 is 0 Å². The van der Waals surface area contributed by atoms with Crippen molar-refractivity contribution in [2.75, 3.05) is 27.3 Å². The topological polar surface area (TPSA) is 109 Å². The van der Waals surface area contributed by atoms with Gasteiger partial charge in [-0.25, -0.2) is 4.98 Å². The second-order valence-electron chi connectivity index (χ2n) is 10.4. The van der Waals surface area contributed by atoms with Gasteiger partial charge < -0.3 is 30.3 Å². The molecule has 0 amide bonds. The van der Waals surface area contributed by atoms with E-state index in [-0.39, 0.29) is 0 Å². The van der Waals surface area contributed by atoms with Crippen molar-refractivity contribution in [2.24, 2.45) is 0 Å². The molecule has 4 rings (SSSR count). The highest BCUT2D eigenvalue weighted by atomic mass is 35.5. The number of methoxy groups -OCH3 is 2. The Morgan fingerprint density at radius 1 is 0.833 bits per heavy atom. The average molecular weight is 591 g/mol. The van der Waals surface area contributed by atoms with E-state index in [4.69, 9.17) is 31.0 Å². The Labute approximate surface area is 252 Å². The van der Waals surface area contributed by atoms with Crippen LogP contribution in [-0.2, 0) is 13.1 Å². The van der Waals surface area contributed by atoms with Crippen LogP contribution in [0.15, 0.2) is 60.8 Å². The summed E-state index contributed by atoms with van der Waals surface area (Å²) in [6, 6.07) is 17.8. The normalized spacial score (nSPS) is 12.7. The van der Waals surface area contributed by atoms with Gasteiger partial charge in [-0.2, -0.15) is 0 Å². The van der Waals surface area contributed by atoms with Gasteiger partial charge >= 0.3 is 0 Å². The first kappa shape index (κ1) is 31.4. The SMILES string of the molecule is COc1cc(-c2nccc(-c3cccc(-c4ccc(CNCC(C)O)c(OC)n4)c3Cl)c2C)ccc1CNCC(C)O. The number of hydrogen-bond donors (Lipinski definition) is 4. The lowest BCUT2D eigenvalue weighted by molar-refractivity contribution is 0.190. The zero-order valence-corrected chi connectivity index (χ0v) is 25.5. The lowest BCUT2D eigenvalue weighted by Gasteiger charge is -2.16. The first-order valence-electron chi connectivity index (χ1n) is 14.0. The van der Waals surface area contributed by atoms with Crippen LogP contribution in [0.1, 0.15) is 30.5 Å². The quantitative estimate of drug-likeness (QED) is 0.164. The molecule has 0 aliphatic rings. The van der Waals surface area contributed by atoms with Crippen LogP contribution in [0.25, 0.3) is 33.6 Å². The first-order valence-corrected chi connectivity index (χ1v) is 14.3. The van der Waals surface area contributed by atoms with Crippen molar-refractivity contribution in [2.45, 2.75) is 46.1 Å². The highest BCUT2D eigenvalue weighted by molar-refractivity contribution is 6.36. The van der Waals surface area contributed by atoms with E-state index < -0.39 is 12.2 Å². The minimum absolute atomic E-state index is 0.420. The Morgan fingerprint density at radius 2 is 1.50 bits per heavy atom. The molecular formula is C33H39ClN4O4. The van der Waals surface area contributed by atoms with Crippen molar-refractivity contribution in [3.8, 4) is 45.3 Å². The predicted molar refractivity (Wildman–Crippen MR) is 168 cm³/mol. The molecule has 8 nitrogen and oxygen atoms in total. The maximum atomic E-state index is 9.55. The van der Waals surface area contributed by atoms with Gasteiger partial charge in [-0.05, 0) is 50.1 Å². The molecule has 0 aliphatic carbocycles. The maximum Gasteiger partial charge on any atom is 0.218 e. The maximum absolute atomic E-state index is 9.55. The standard InChI is InChI=1S/C33H39ClN4O4/c1-20(39)16-35-18-24-10-9-23(15-30(24)41-4)32-22(3)26(13-14-37-32)27-7-6-8-28(31(27)34)29-12-11-25(33(38-29)42-5)19-36-17-21(2)40/h6-15,20-21,35-36,39-40H,16-19H2,1-5H3. The molecule has 0 fully saturated rings. The molecule has 2 atom stereocenters. The Balaban J connectivity index is 1.66. The summed E-state index contributed by atoms with van der Waals surface area (Å²) in [5, 5.41) is 26.1. The Hall–Kier alpha value is -3.53. The van der Waals surface area contributed by atoms with E-state index in [2.05, 4.69) is 10.6 Å². The van der Waals surface area contributed by atoms with Gasteiger partial charge in [0, 0.05) is 60.2 Å². The molecule has 0 saturated carbocycles. The monoisotopic (exact) mass is 590 g/mol. The molecule has 0 radical (unpaired) electrons. The minimum Gasteiger partial charge on any atom is -0.496 e. The number of aromatic nitrogens is 2. The number of aliphatic hydroxyl groups excluding tert-OH is 2. The molecular weight excluding hydrogens is 552 g/mol. The number of halogens is 1. The van der Waals surface area contributed by atoms with Crippen molar-refractivity contribution in [1.29, 1.82) is 0 Å². The summed E-state index contributed by atoms with van der Waals surface area (Å²) < 4.78 is 11.3. The van der Waals surface area contributed by atoms with Crippen molar-refractivity contribution in [3.05, 3.63) is 82.5 Å². The molecule has 0 spiro atoms. The van der Waals surface area contributed by atoms with Gasteiger partial charge in [-0.1, -0.05) is 48.0 Å². The summed E-state index contributed by atoms with van der Waals surface area (Å²) in [7, 11) is 3.25. The summed E-state index contributed by atoms with van der Waals surface area (Å²) in [5.74, 6) is 1.26. The van der Waals surface area contributed by atoms with E-state index in [1.807, 2.05) is 61.5 Å². The van der Waals surface area contributed by atoms with Crippen molar-refractivity contribution >= 4 is 11.6 Å². The van der Waals surface area contributed by atoms with Gasteiger partial charge in [0.15, 0.2) is 0 Å². The van der Waals surface area contributed by atoms with Crippen LogP contribution >= 0.6 is 11.6 Å². The molecule has 2 aromatic heterocycles. The lowest BCUT2D eigenvalue weighted by Crippen LogP contribution is -2.24. The van der Waals surface area contributed by atoms with Crippen LogP contribution in [0.3, 0.4) is 0 Å². The number of hydrogen-bond acceptors (Lipinski definition) is 8. The Kier molecular flexibility index (Phi) is 10.9. The fourth-order valence-electron chi connectivity index (χ4n) is 4.86. The molecule has 4 N–H and O–H groups in total. The van der Waals surface area contributed by atoms with Crippen LogP contribution in [0.5, 0.6) is 11.6 Å². The van der Waals surface area contributed by atoms with Crippen molar-refractivity contribution < 1.29 is 19.7 Å². The third-order valence-corrected chi connectivity index (χ3v) is 7.38. The van der Waals surface area contributed by atoms with E-state index in [1.54, 1.807) is 34.3 Å². The summed E-state index contributed by atoms with van der Waals surface area (Å²) in [6.45, 7) is 7.62. The van der Waals surface area contributed by atoms with Crippen LogP contribution in [0, 0.1) is 6.92 Å². The number of nitrogens with zero attached hydrogens (tertiary/aromatic N) is 2. The molecule has 2 unspecified atom stereocenters. The van der Waals surface area contributed by atoms with E-state index in [1.165, 1.54) is 0 Å². The Bertz CT molecular complexity index is 1400. The van der Waals surface area contributed by atoms with Gasteiger partial charge in [-0.3, -0.25) is 4.98 Å². The van der Waals surface area contributed by atoms with Gasteiger partial charge in [0.2, 0.25) is 5.88 Å². The van der Waals surface area contributed by atoms with Gasteiger partial charge in [0.05, 0.1) is 42.8 Å². The van der Waals surface area contributed by atoms with Gasteiger partial charge in [0.25, 0.3) is 0 Å². The largest absolute Gasteiger partial charge is 0.496 e. The second kappa shape index (κ2) is 14.6. The lowest BCUT2D eigenvalue weighted by atomic mass is 9.94. The smallest absolute Gasteiger partial charge is 0.218 e. The molecule has 2 aromatic carbocycles. The number of pyridine rings is 2. The molecule has 222 valence electrons. The fraction of sp³-hybridized carbons (Fsp3) is 0.333. The molecule has 2 heterocycles. The average Bonchev–Trinajstić information content (AvgIpc) is 2.97. The number of rotatable bonds is 13. The van der Waals surface area contributed by atoms with Gasteiger partial charge in [-0.15, -0.1) is 0 Å². The summed E-state index contributed by atoms with van der Waals surface area (Å²) >= 11 is 7.05. The highest BCUT2D eigenvalue weighted by Gasteiger charge is 2.17. The number of ether oxygens (including phenoxy) is 2. The summed E-state index contributed by atoms with van der Waals surface area (Å²) in [6.07, 6.45) is 0.935. The van der Waals surface area contributed by atoms with Crippen LogP contribution in [-0.4, -0.2) is 59.7 Å². The van der Waals surface area contributed by atoms with Gasteiger partial charge in [0.1, 0.15) is 5.75 Å². The van der Waals surface area contributed by atoms with Crippen LogP contribution in [0.4, 0.5) is 0 Å². The first-order chi connectivity index (χ1) is 20.2. The fourth-order valence-corrected chi connectivity index (χ4v) is 5.18. The third kappa shape index (κ3) is 7.45. The minimum atomic E-state index is -0.438.